The lowest BCUT2D eigenvalue weighted by Crippen LogP contribution is -2.15. The average Bonchev–Trinajstić information content (AvgIpc) is 2.86. The number of halogens is 1. The molecule has 0 heterocycles. The van der Waals surface area contributed by atoms with Crippen LogP contribution in [0.4, 0.5) is 4.39 Å². The Hall–Kier alpha value is -2.16. The van der Waals surface area contributed by atoms with E-state index in [1.807, 2.05) is 25.1 Å². The van der Waals surface area contributed by atoms with E-state index in [4.69, 9.17) is 4.74 Å². The van der Waals surface area contributed by atoms with E-state index < -0.39 is 0 Å². The molecule has 1 aliphatic carbocycles. The van der Waals surface area contributed by atoms with Gasteiger partial charge >= 0.3 is 5.97 Å². The minimum Gasteiger partial charge on any atom is -0.459 e. The van der Waals surface area contributed by atoms with Crippen LogP contribution in [0.3, 0.4) is 0 Å². The van der Waals surface area contributed by atoms with Gasteiger partial charge in [-0.2, -0.15) is 0 Å². The molecule has 2 nitrogen and oxygen atoms in total. The molecule has 0 radical (unpaired) electrons. The van der Waals surface area contributed by atoms with Crippen LogP contribution in [-0.2, 0) is 4.74 Å². The lowest BCUT2D eigenvalue weighted by Gasteiger charge is -2.29. The van der Waals surface area contributed by atoms with Crippen molar-refractivity contribution in [3.8, 4) is 11.1 Å². The van der Waals surface area contributed by atoms with E-state index in [2.05, 4.69) is 19.9 Å². The molecule has 1 unspecified atom stereocenters. The average molecular weight is 467 g/mol. The first kappa shape index (κ1) is 26.4. The summed E-state index contributed by atoms with van der Waals surface area (Å²) in [5.74, 6) is 0.846. The number of hydrogen-bond donors (Lipinski definition) is 0. The van der Waals surface area contributed by atoms with Gasteiger partial charge in [-0.05, 0) is 86.6 Å². The fraction of sp³-hybridized carbons (Fsp3) is 0.581. The molecule has 1 saturated carbocycles. The summed E-state index contributed by atoms with van der Waals surface area (Å²) in [6.45, 7) is 6.40. The van der Waals surface area contributed by atoms with Crippen LogP contribution in [0.5, 0.6) is 0 Å². The third-order valence-corrected chi connectivity index (χ3v) is 7.48. The van der Waals surface area contributed by atoms with E-state index in [1.54, 1.807) is 18.2 Å². The molecule has 2 aromatic rings. The Kier molecular flexibility index (Phi) is 10.6. The number of ether oxygens (including phenoxy) is 1. The van der Waals surface area contributed by atoms with Gasteiger partial charge in [0.25, 0.3) is 0 Å². The van der Waals surface area contributed by atoms with E-state index in [0.29, 0.717) is 17.0 Å². The van der Waals surface area contributed by atoms with Crippen LogP contribution in [0, 0.1) is 11.7 Å². The van der Waals surface area contributed by atoms with E-state index in [0.717, 1.165) is 29.9 Å². The molecule has 1 fully saturated rings. The Balaban J connectivity index is 1.55. The minimum atomic E-state index is -0.306. The molecule has 0 spiro atoms. The molecule has 2 aromatic carbocycles. The van der Waals surface area contributed by atoms with Crippen LogP contribution in [0.2, 0.25) is 0 Å². The fourth-order valence-corrected chi connectivity index (χ4v) is 5.25. The first-order valence-corrected chi connectivity index (χ1v) is 13.6. The summed E-state index contributed by atoms with van der Waals surface area (Å²) in [5.41, 5.74) is 3.02. The number of carbonyl (C=O) groups is 1. The molecule has 0 amide bonds. The zero-order valence-corrected chi connectivity index (χ0v) is 21.5. The summed E-state index contributed by atoms with van der Waals surface area (Å²) in [5, 5.41) is 0. The maximum Gasteiger partial charge on any atom is 0.338 e. The van der Waals surface area contributed by atoms with Gasteiger partial charge in [-0.1, -0.05) is 76.6 Å². The van der Waals surface area contributed by atoms with Crippen molar-refractivity contribution in [1.82, 2.24) is 0 Å². The Morgan fingerprint density at radius 1 is 0.941 bits per heavy atom. The van der Waals surface area contributed by atoms with Crippen LogP contribution in [0.25, 0.3) is 11.1 Å². The molecule has 34 heavy (non-hydrogen) atoms. The maximum absolute atomic E-state index is 15.0. The molecule has 3 heteroatoms. The summed E-state index contributed by atoms with van der Waals surface area (Å²) >= 11 is 0. The van der Waals surface area contributed by atoms with E-state index >= 15 is 4.39 Å². The third-order valence-electron chi connectivity index (χ3n) is 7.48. The van der Waals surface area contributed by atoms with E-state index in [1.165, 1.54) is 64.2 Å². The van der Waals surface area contributed by atoms with Gasteiger partial charge in [0.1, 0.15) is 5.82 Å². The van der Waals surface area contributed by atoms with Gasteiger partial charge < -0.3 is 4.74 Å². The normalized spacial score (nSPS) is 19.1. The van der Waals surface area contributed by atoms with E-state index in [-0.39, 0.29) is 17.9 Å². The van der Waals surface area contributed by atoms with Crippen molar-refractivity contribution in [2.75, 3.05) is 0 Å². The van der Waals surface area contributed by atoms with Crippen molar-refractivity contribution in [1.29, 1.82) is 0 Å². The number of hydrogen-bond acceptors (Lipinski definition) is 2. The smallest absolute Gasteiger partial charge is 0.338 e. The largest absolute Gasteiger partial charge is 0.459 e. The molecule has 0 saturated heterocycles. The number of benzene rings is 2. The van der Waals surface area contributed by atoms with Crippen LogP contribution in [0.15, 0.2) is 42.5 Å². The predicted molar refractivity (Wildman–Crippen MR) is 140 cm³/mol. The number of esters is 1. The van der Waals surface area contributed by atoms with Crippen molar-refractivity contribution >= 4 is 5.97 Å². The molecule has 0 aromatic heterocycles. The highest BCUT2D eigenvalue weighted by molar-refractivity contribution is 5.90. The quantitative estimate of drug-likeness (QED) is 0.230. The van der Waals surface area contributed by atoms with Crippen molar-refractivity contribution in [3.05, 3.63) is 59.4 Å². The fourth-order valence-electron chi connectivity index (χ4n) is 5.25. The van der Waals surface area contributed by atoms with E-state index in [9.17, 15) is 4.79 Å². The SMILES string of the molecule is CCCCCCC(C)OC(=O)c1ccc(-c2ccc(C3CCC(CCCC)CC3)cc2F)cc1. The maximum atomic E-state index is 15.0. The Labute approximate surface area is 206 Å². The summed E-state index contributed by atoms with van der Waals surface area (Å²) in [7, 11) is 0. The third kappa shape index (κ3) is 7.68. The van der Waals surface area contributed by atoms with Gasteiger partial charge in [-0.3, -0.25) is 0 Å². The summed E-state index contributed by atoms with van der Waals surface area (Å²) < 4.78 is 20.6. The second-order valence-electron chi connectivity index (χ2n) is 10.2. The highest BCUT2D eigenvalue weighted by Gasteiger charge is 2.23. The lowest BCUT2D eigenvalue weighted by atomic mass is 9.77. The summed E-state index contributed by atoms with van der Waals surface area (Å²) in [6.07, 6.45) is 14.3. The summed E-state index contributed by atoms with van der Waals surface area (Å²) in [4.78, 5) is 12.5. The van der Waals surface area contributed by atoms with Crippen LogP contribution in [-0.4, -0.2) is 12.1 Å². The van der Waals surface area contributed by atoms with Crippen LogP contribution in [0.1, 0.15) is 120 Å². The van der Waals surface area contributed by atoms with Crippen molar-refractivity contribution in [3.63, 3.8) is 0 Å². The van der Waals surface area contributed by atoms with Gasteiger partial charge in [0.05, 0.1) is 11.7 Å². The molecule has 186 valence electrons. The second-order valence-corrected chi connectivity index (χ2v) is 10.2. The van der Waals surface area contributed by atoms with Gasteiger partial charge in [0.2, 0.25) is 0 Å². The monoisotopic (exact) mass is 466 g/mol. The van der Waals surface area contributed by atoms with Gasteiger partial charge in [0, 0.05) is 5.56 Å². The molecule has 1 atom stereocenters. The zero-order chi connectivity index (χ0) is 24.3. The number of rotatable bonds is 12. The number of unbranched alkanes of at least 4 members (excludes halogenated alkanes) is 4. The van der Waals surface area contributed by atoms with Gasteiger partial charge in [-0.25, -0.2) is 9.18 Å². The van der Waals surface area contributed by atoms with Crippen molar-refractivity contribution < 1.29 is 13.9 Å². The van der Waals surface area contributed by atoms with Crippen molar-refractivity contribution in [2.45, 2.75) is 110 Å². The zero-order valence-electron chi connectivity index (χ0n) is 21.5. The Bertz CT molecular complexity index is 881. The van der Waals surface area contributed by atoms with Crippen LogP contribution < -0.4 is 0 Å². The molecule has 0 N–H and O–H groups in total. The Morgan fingerprint density at radius 3 is 2.29 bits per heavy atom. The minimum absolute atomic E-state index is 0.0873. The second kappa shape index (κ2) is 13.7. The molecule has 0 aliphatic heterocycles. The van der Waals surface area contributed by atoms with Gasteiger partial charge in [0.15, 0.2) is 0 Å². The predicted octanol–water partition coefficient (Wildman–Crippen LogP) is 9.47. The number of carbonyl (C=O) groups excluding carboxylic acids is 1. The topological polar surface area (TPSA) is 26.3 Å². The molecular weight excluding hydrogens is 423 g/mol. The van der Waals surface area contributed by atoms with Gasteiger partial charge in [-0.15, -0.1) is 0 Å². The highest BCUT2D eigenvalue weighted by Crippen LogP contribution is 2.38. The first-order chi connectivity index (χ1) is 16.5. The Morgan fingerprint density at radius 2 is 1.65 bits per heavy atom. The summed E-state index contributed by atoms with van der Waals surface area (Å²) in [6, 6.07) is 12.9. The molecule has 0 bridgehead atoms. The molecule has 1 aliphatic rings. The van der Waals surface area contributed by atoms with Crippen molar-refractivity contribution in [2.24, 2.45) is 5.92 Å². The molecular formula is C31H43FO2. The molecule has 3 rings (SSSR count). The standard InChI is InChI=1S/C31H43FO2/c1-4-6-8-9-10-23(3)34-31(33)27-18-16-26(17-19-27)29-21-20-28(22-30(29)32)25-14-12-24(13-15-25)11-7-5-2/h16-25H,4-15H2,1-3H3. The highest BCUT2D eigenvalue weighted by atomic mass is 19.1. The first-order valence-electron chi connectivity index (χ1n) is 13.6. The lowest BCUT2D eigenvalue weighted by molar-refractivity contribution is 0.0319. The van der Waals surface area contributed by atoms with Crippen LogP contribution >= 0.6 is 0 Å².